The summed E-state index contributed by atoms with van der Waals surface area (Å²) in [6.07, 6.45) is 1.74. The number of hydrogen-bond acceptors (Lipinski definition) is 6. The van der Waals surface area contributed by atoms with Crippen LogP contribution in [0.25, 0.3) is 10.1 Å². The minimum Gasteiger partial charge on any atom is -0.473 e. The normalized spacial score (nSPS) is 17.0. The molecular weight excluding hydrogens is 358 g/mol. The van der Waals surface area contributed by atoms with Crippen molar-refractivity contribution in [3.63, 3.8) is 0 Å². The highest BCUT2D eigenvalue weighted by Crippen LogP contribution is 2.22. The molecule has 1 saturated heterocycles. The largest absolute Gasteiger partial charge is 0.473 e. The fourth-order valence-electron chi connectivity index (χ4n) is 2.66. The van der Waals surface area contributed by atoms with E-state index in [1.807, 2.05) is 0 Å². The molecular formula is C18H23NO6S. The van der Waals surface area contributed by atoms with Gasteiger partial charge in [-0.1, -0.05) is 12.1 Å². The van der Waals surface area contributed by atoms with Crippen molar-refractivity contribution in [1.29, 1.82) is 0 Å². The predicted octanol–water partition coefficient (Wildman–Crippen LogP) is 1.68. The summed E-state index contributed by atoms with van der Waals surface area (Å²) in [7, 11) is 0. The van der Waals surface area contributed by atoms with Crippen molar-refractivity contribution in [3.05, 3.63) is 35.2 Å². The van der Waals surface area contributed by atoms with Crippen LogP contribution < -0.4 is 0 Å². The molecule has 2 aromatic rings. The SMILES string of the molecule is O=C(O)C(=O)O.O[C@@H]1CCN(CCOCCc2ccc3ccsc3c2)C1. The maximum atomic E-state index is 9.44. The van der Waals surface area contributed by atoms with Crippen molar-refractivity contribution < 1.29 is 29.6 Å². The number of aliphatic hydroxyl groups is 1. The quantitative estimate of drug-likeness (QED) is 0.516. The molecule has 26 heavy (non-hydrogen) atoms. The van der Waals surface area contributed by atoms with Crippen LogP contribution in [0.3, 0.4) is 0 Å². The number of ether oxygens (including phenoxy) is 1. The maximum absolute atomic E-state index is 9.44. The first-order chi connectivity index (χ1) is 12.5. The zero-order chi connectivity index (χ0) is 18.9. The lowest BCUT2D eigenvalue weighted by molar-refractivity contribution is -0.159. The molecule has 0 amide bonds. The van der Waals surface area contributed by atoms with Crippen LogP contribution in [0.1, 0.15) is 12.0 Å². The first-order valence-electron chi connectivity index (χ1n) is 8.36. The Labute approximate surface area is 155 Å². The molecule has 0 unspecified atom stereocenters. The summed E-state index contributed by atoms with van der Waals surface area (Å²) in [6, 6.07) is 8.80. The first-order valence-corrected chi connectivity index (χ1v) is 9.24. The van der Waals surface area contributed by atoms with Crippen molar-refractivity contribution in [1.82, 2.24) is 4.90 Å². The Morgan fingerprint density at radius 3 is 2.62 bits per heavy atom. The maximum Gasteiger partial charge on any atom is 0.414 e. The molecule has 1 atom stereocenters. The molecule has 0 aliphatic carbocycles. The summed E-state index contributed by atoms with van der Waals surface area (Å²) in [5.74, 6) is -3.65. The number of fused-ring (bicyclic) bond motifs is 1. The standard InChI is InChI=1S/C16H21NO2S.C2H2O4/c18-15-3-6-17(12-15)7-9-19-8-4-13-1-2-14-5-10-20-16(14)11-13;3-1(4)2(5)6/h1-2,5,10-11,15,18H,3-4,6-9,12H2;(H,3,4)(H,5,6)/t15-;/m1./s1. The van der Waals surface area contributed by atoms with Gasteiger partial charge < -0.3 is 20.1 Å². The lowest BCUT2D eigenvalue weighted by Gasteiger charge is -2.14. The van der Waals surface area contributed by atoms with Gasteiger partial charge >= 0.3 is 11.9 Å². The van der Waals surface area contributed by atoms with Crippen LogP contribution in [0, 0.1) is 0 Å². The molecule has 2 heterocycles. The molecule has 3 rings (SSSR count). The summed E-state index contributed by atoms with van der Waals surface area (Å²) in [5.41, 5.74) is 1.34. The van der Waals surface area contributed by atoms with Crippen molar-refractivity contribution in [2.75, 3.05) is 32.8 Å². The average Bonchev–Trinajstić information content (AvgIpc) is 3.23. The van der Waals surface area contributed by atoms with Gasteiger partial charge in [0.2, 0.25) is 0 Å². The number of aliphatic hydroxyl groups excluding tert-OH is 1. The Balaban J connectivity index is 0.000000352. The number of carbonyl (C=O) groups is 2. The van der Waals surface area contributed by atoms with Crippen molar-refractivity contribution in [2.45, 2.75) is 18.9 Å². The number of benzene rings is 1. The van der Waals surface area contributed by atoms with Gasteiger partial charge in [-0.15, -0.1) is 11.3 Å². The number of likely N-dealkylation sites (tertiary alicyclic amines) is 1. The fraction of sp³-hybridized carbons (Fsp3) is 0.444. The first kappa shape index (κ1) is 20.3. The molecule has 0 radical (unpaired) electrons. The summed E-state index contributed by atoms with van der Waals surface area (Å²) < 4.78 is 7.06. The molecule has 3 N–H and O–H groups in total. The summed E-state index contributed by atoms with van der Waals surface area (Å²) >= 11 is 1.79. The molecule has 1 aromatic carbocycles. The molecule has 1 fully saturated rings. The van der Waals surface area contributed by atoms with E-state index >= 15 is 0 Å². The Morgan fingerprint density at radius 2 is 1.96 bits per heavy atom. The van der Waals surface area contributed by atoms with E-state index in [1.165, 1.54) is 15.6 Å². The molecule has 0 spiro atoms. The number of rotatable bonds is 6. The minimum absolute atomic E-state index is 0.132. The Bertz CT molecular complexity index is 719. The van der Waals surface area contributed by atoms with Crippen LogP contribution in [0.15, 0.2) is 29.6 Å². The van der Waals surface area contributed by atoms with E-state index in [2.05, 4.69) is 34.5 Å². The van der Waals surface area contributed by atoms with Gasteiger partial charge in [-0.3, -0.25) is 4.90 Å². The number of hydrogen-bond donors (Lipinski definition) is 3. The van der Waals surface area contributed by atoms with E-state index in [0.717, 1.165) is 45.7 Å². The van der Waals surface area contributed by atoms with Gasteiger partial charge in [0, 0.05) is 24.3 Å². The van der Waals surface area contributed by atoms with Gasteiger partial charge in [0.1, 0.15) is 0 Å². The van der Waals surface area contributed by atoms with Crippen LogP contribution in [-0.2, 0) is 20.7 Å². The van der Waals surface area contributed by atoms with E-state index in [4.69, 9.17) is 24.5 Å². The van der Waals surface area contributed by atoms with Crippen LogP contribution in [-0.4, -0.2) is 71.1 Å². The number of thiophene rings is 1. The summed E-state index contributed by atoms with van der Waals surface area (Å²) in [6.45, 7) is 4.26. The predicted molar refractivity (Wildman–Crippen MR) is 98.7 cm³/mol. The second kappa shape index (κ2) is 10.2. The number of nitrogens with zero attached hydrogens (tertiary/aromatic N) is 1. The summed E-state index contributed by atoms with van der Waals surface area (Å²) in [4.78, 5) is 20.5. The zero-order valence-electron chi connectivity index (χ0n) is 14.3. The number of β-amino-alcohol motifs (C(OH)–C–C–N with tert-alkyl or cyclic N) is 1. The minimum atomic E-state index is -1.82. The van der Waals surface area contributed by atoms with Gasteiger partial charge in [0.25, 0.3) is 0 Å². The van der Waals surface area contributed by atoms with E-state index in [9.17, 15) is 5.11 Å². The highest BCUT2D eigenvalue weighted by atomic mass is 32.1. The smallest absolute Gasteiger partial charge is 0.414 e. The van der Waals surface area contributed by atoms with Crippen LogP contribution >= 0.6 is 11.3 Å². The molecule has 8 heteroatoms. The van der Waals surface area contributed by atoms with E-state index < -0.39 is 11.9 Å². The van der Waals surface area contributed by atoms with E-state index in [0.29, 0.717) is 0 Å². The number of aliphatic carboxylic acids is 2. The van der Waals surface area contributed by atoms with Crippen LogP contribution in [0.4, 0.5) is 0 Å². The third-order valence-corrected chi connectivity index (χ3v) is 4.92. The van der Waals surface area contributed by atoms with Crippen LogP contribution in [0.5, 0.6) is 0 Å². The highest BCUT2D eigenvalue weighted by molar-refractivity contribution is 7.17. The molecule has 1 aliphatic rings. The van der Waals surface area contributed by atoms with Gasteiger partial charge in [-0.25, -0.2) is 9.59 Å². The summed E-state index contributed by atoms with van der Waals surface area (Å²) in [5, 5.41) is 27.7. The van der Waals surface area contributed by atoms with Gasteiger partial charge in [-0.05, 0) is 41.3 Å². The van der Waals surface area contributed by atoms with Gasteiger partial charge in [0.15, 0.2) is 0 Å². The molecule has 142 valence electrons. The lowest BCUT2D eigenvalue weighted by atomic mass is 10.1. The Kier molecular flexibility index (Phi) is 7.99. The second-order valence-electron chi connectivity index (χ2n) is 6.01. The van der Waals surface area contributed by atoms with E-state index in [1.54, 1.807) is 11.3 Å². The number of carboxylic acid groups (broad SMARTS) is 2. The zero-order valence-corrected chi connectivity index (χ0v) is 15.2. The molecule has 0 bridgehead atoms. The molecule has 7 nitrogen and oxygen atoms in total. The number of carboxylic acids is 2. The lowest BCUT2D eigenvalue weighted by Crippen LogP contribution is -2.26. The van der Waals surface area contributed by atoms with Gasteiger partial charge in [0.05, 0.1) is 19.3 Å². The molecule has 1 aliphatic heterocycles. The average molecular weight is 381 g/mol. The molecule has 0 saturated carbocycles. The van der Waals surface area contributed by atoms with Crippen molar-refractivity contribution >= 4 is 33.4 Å². The fourth-order valence-corrected chi connectivity index (χ4v) is 3.51. The Morgan fingerprint density at radius 1 is 1.19 bits per heavy atom. The van der Waals surface area contributed by atoms with Crippen LogP contribution in [0.2, 0.25) is 0 Å². The van der Waals surface area contributed by atoms with Gasteiger partial charge in [-0.2, -0.15) is 0 Å². The highest BCUT2D eigenvalue weighted by Gasteiger charge is 2.19. The third-order valence-electron chi connectivity index (χ3n) is 4.04. The van der Waals surface area contributed by atoms with Crippen molar-refractivity contribution in [3.8, 4) is 0 Å². The Hall–Kier alpha value is -2.00. The van der Waals surface area contributed by atoms with Crippen molar-refractivity contribution in [2.24, 2.45) is 0 Å². The van der Waals surface area contributed by atoms with E-state index in [-0.39, 0.29) is 6.10 Å². The molecule has 1 aromatic heterocycles. The second-order valence-corrected chi connectivity index (χ2v) is 6.96. The topological polar surface area (TPSA) is 107 Å². The monoisotopic (exact) mass is 381 g/mol. The third kappa shape index (κ3) is 6.72.